The predicted octanol–water partition coefficient (Wildman–Crippen LogP) is 3.97. The third-order valence-corrected chi connectivity index (χ3v) is 5.50. The quantitative estimate of drug-likeness (QED) is 0.801. The van der Waals surface area contributed by atoms with Gasteiger partial charge >= 0.3 is 0 Å². The maximum atomic E-state index is 9.11. The number of halogens is 1. The summed E-state index contributed by atoms with van der Waals surface area (Å²) < 4.78 is 2.28. The Kier molecular flexibility index (Phi) is 4.72. The van der Waals surface area contributed by atoms with Crippen molar-refractivity contribution in [3.63, 3.8) is 0 Å². The maximum absolute atomic E-state index is 9.11. The van der Waals surface area contributed by atoms with E-state index in [1.165, 1.54) is 25.0 Å². The van der Waals surface area contributed by atoms with Crippen LogP contribution < -0.4 is 0 Å². The lowest BCUT2D eigenvalue weighted by molar-refractivity contribution is 0.577. The number of aryl methyl sites for hydroxylation is 1. The van der Waals surface area contributed by atoms with E-state index in [1.807, 2.05) is 18.2 Å². The molecule has 1 atom stereocenters. The maximum Gasteiger partial charge on any atom is 0.111 e. The zero-order valence-electron chi connectivity index (χ0n) is 11.9. The monoisotopic (exact) mass is 319 g/mol. The van der Waals surface area contributed by atoms with Crippen LogP contribution in [-0.4, -0.2) is 26.4 Å². The Labute approximate surface area is 134 Å². The van der Waals surface area contributed by atoms with E-state index < -0.39 is 0 Å². The third-order valence-electron chi connectivity index (χ3n) is 3.93. The number of hydrogen-bond acceptors (Lipinski definition) is 3. The molecule has 0 radical (unpaired) electrons. The highest BCUT2D eigenvalue weighted by molar-refractivity contribution is 7.99. The Bertz CT molecular complexity index is 668. The van der Waals surface area contributed by atoms with E-state index in [9.17, 15) is 0 Å². The molecule has 2 aromatic rings. The number of benzene rings is 1. The Balaban J connectivity index is 1.99. The van der Waals surface area contributed by atoms with Crippen molar-refractivity contribution in [2.75, 3.05) is 11.6 Å². The molecule has 2 heterocycles. The van der Waals surface area contributed by atoms with Gasteiger partial charge in [0.25, 0.3) is 0 Å². The van der Waals surface area contributed by atoms with Gasteiger partial charge in [-0.1, -0.05) is 6.42 Å². The second kappa shape index (κ2) is 6.72. The number of imidazole rings is 1. The molecule has 1 aliphatic heterocycles. The van der Waals surface area contributed by atoms with Crippen molar-refractivity contribution in [1.82, 2.24) is 9.55 Å². The lowest BCUT2D eigenvalue weighted by atomic mass is 10.1. The molecule has 0 saturated carbocycles. The van der Waals surface area contributed by atoms with E-state index in [2.05, 4.69) is 22.4 Å². The molecule has 1 aromatic heterocycles. The molecule has 3 nitrogen and oxygen atoms in total. The number of thioether (sulfide) groups is 1. The van der Waals surface area contributed by atoms with Crippen LogP contribution >= 0.6 is 23.4 Å². The van der Waals surface area contributed by atoms with Crippen molar-refractivity contribution in [3.8, 4) is 6.07 Å². The Morgan fingerprint density at radius 1 is 1.43 bits per heavy atom. The topological polar surface area (TPSA) is 41.6 Å². The molecule has 1 fully saturated rings. The zero-order valence-corrected chi connectivity index (χ0v) is 13.5. The first kappa shape index (κ1) is 14.7. The second-order valence-electron chi connectivity index (χ2n) is 5.38. The van der Waals surface area contributed by atoms with Gasteiger partial charge in [-0.05, 0) is 36.8 Å². The fourth-order valence-electron chi connectivity index (χ4n) is 2.88. The van der Waals surface area contributed by atoms with Gasteiger partial charge in [0.05, 0.1) is 22.7 Å². The summed E-state index contributed by atoms with van der Waals surface area (Å²) in [7, 11) is 0. The van der Waals surface area contributed by atoms with Crippen molar-refractivity contribution < 1.29 is 0 Å². The van der Waals surface area contributed by atoms with Crippen LogP contribution in [0.2, 0.25) is 0 Å². The smallest absolute Gasteiger partial charge is 0.111 e. The van der Waals surface area contributed by atoms with Gasteiger partial charge in [-0.2, -0.15) is 17.0 Å². The van der Waals surface area contributed by atoms with Gasteiger partial charge in [0.1, 0.15) is 5.82 Å². The van der Waals surface area contributed by atoms with Gasteiger partial charge in [-0.15, -0.1) is 11.6 Å². The van der Waals surface area contributed by atoms with Crippen LogP contribution in [0.1, 0.15) is 30.7 Å². The summed E-state index contributed by atoms with van der Waals surface area (Å²) in [6, 6.07) is 7.94. The lowest BCUT2D eigenvalue weighted by Gasteiger charge is -2.22. The summed E-state index contributed by atoms with van der Waals surface area (Å²) in [5.74, 6) is 2.87. The summed E-state index contributed by atoms with van der Waals surface area (Å²) in [5, 5.41) is 9.76. The molecule has 0 aliphatic carbocycles. The molecule has 5 heteroatoms. The van der Waals surface area contributed by atoms with Crippen LogP contribution in [0.4, 0.5) is 0 Å². The van der Waals surface area contributed by atoms with Crippen molar-refractivity contribution in [3.05, 3.63) is 29.6 Å². The number of aromatic nitrogens is 2. The lowest BCUT2D eigenvalue weighted by Crippen LogP contribution is -2.18. The molecule has 0 bridgehead atoms. The summed E-state index contributed by atoms with van der Waals surface area (Å²) >= 11 is 7.99. The fraction of sp³-hybridized carbons (Fsp3) is 0.500. The highest BCUT2D eigenvalue weighted by Gasteiger charge is 2.18. The average Bonchev–Trinajstić information content (AvgIpc) is 2.86. The standard InChI is InChI=1S/C16H18ClN3S/c17-7-6-16-19-14-5-4-12(10-18)9-15(14)20(16)11-13-3-1-2-8-21-13/h4-5,9,13H,1-3,6-8,11H2. The van der Waals surface area contributed by atoms with Gasteiger partial charge in [0.2, 0.25) is 0 Å². The molecular formula is C16H18ClN3S. The van der Waals surface area contributed by atoms with E-state index in [0.29, 0.717) is 16.7 Å². The van der Waals surface area contributed by atoms with Crippen LogP contribution in [0.15, 0.2) is 18.2 Å². The number of fused-ring (bicyclic) bond motifs is 1. The molecule has 21 heavy (non-hydrogen) atoms. The number of hydrogen-bond donors (Lipinski definition) is 0. The summed E-state index contributed by atoms with van der Waals surface area (Å²) in [4.78, 5) is 4.70. The Hall–Kier alpha value is -1.18. The highest BCUT2D eigenvalue weighted by atomic mass is 35.5. The van der Waals surface area contributed by atoms with Crippen LogP contribution in [0, 0.1) is 11.3 Å². The van der Waals surface area contributed by atoms with E-state index in [0.717, 1.165) is 29.8 Å². The minimum atomic E-state index is 0.576. The van der Waals surface area contributed by atoms with Gasteiger partial charge in [0.15, 0.2) is 0 Å². The average molecular weight is 320 g/mol. The Morgan fingerprint density at radius 3 is 3.05 bits per heavy atom. The molecule has 1 aliphatic rings. The van der Waals surface area contributed by atoms with Crippen LogP contribution in [0.3, 0.4) is 0 Å². The molecule has 1 unspecified atom stereocenters. The van der Waals surface area contributed by atoms with E-state index in [1.54, 1.807) is 0 Å². The van der Waals surface area contributed by atoms with Gasteiger partial charge in [-0.25, -0.2) is 4.98 Å². The molecule has 0 spiro atoms. The molecular weight excluding hydrogens is 302 g/mol. The minimum Gasteiger partial charge on any atom is -0.327 e. The second-order valence-corrected chi connectivity index (χ2v) is 7.17. The molecule has 0 N–H and O–H groups in total. The largest absolute Gasteiger partial charge is 0.327 e. The van der Waals surface area contributed by atoms with E-state index in [-0.39, 0.29) is 0 Å². The number of alkyl halides is 1. The van der Waals surface area contributed by atoms with Crippen molar-refractivity contribution in [2.24, 2.45) is 0 Å². The van der Waals surface area contributed by atoms with Crippen LogP contribution in [0.25, 0.3) is 11.0 Å². The van der Waals surface area contributed by atoms with Crippen molar-refractivity contribution >= 4 is 34.4 Å². The zero-order chi connectivity index (χ0) is 14.7. The first-order chi connectivity index (χ1) is 10.3. The van der Waals surface area contributed by atoms with Gasteiger partial charge < -0.3 is 4.57 Å². The van der Waals surface area contributed by atoms with Gasteiger partial charge in [0, 0.05) is 24.1 Å². The Morgan fingerprint density at radius 2 is 2.33 bits per heavy atom. The predicted molar refractivity (Wildman–Crippen MR) is 89.0 cm³/mol. The molecule has 1 aromatic carbocycles. The minimum absolute atomic E-state index is 0.576. The van der Waals surface area contributed by atoms with Crippen molar-refractivity contribution in [1.29, 1.82) is 5.26 Å². The van der Waals surface area contributed by atoms with Crippen LogP contribution in [-0.2, 0) is 13.0 Å². The normalized spacial score (nSPS) is 18.8. The number of nitriles is 1. The summed E-state index contributed by atoms with van der Waals surface area (Å²) in [5.41, 5.74) is 2.73. The highest BCUT2D eigenvalue weighted by Crippen LogP contribution is 2.28. The molecule has 3 rings (SSSR count). The number of rotatable bonds is 4. The summed E-state index contributed by atoms with van der Waals surface area (Å²) in [6.45, 7) is 0.974. The SMILES string of the molecule is N#Cc1ccc2nc(CCCl)n(CC3CCCCS3)c2c1. The molecule has 0 amide bonds. The molecule has 1 saturated heterocycles. The van der Waals surface area contributed by atoms with Gasteiger partial charge in [-0.3, -0.25) is 0 Å². The number of nitrogens with zero attached hydrogens (tertiary/aromatic N) is 3. The van der Waals surface area contributed by atoms with E-state index >= 15 is 0 Å². The summed E-state index contributed by atoms with van der Waals surface area (Å²) in [6.07, 6.45) is 4.69. The fourth-order valence-corrected chi connectivity index (χ4v) is 4.34. The van der Waals surface area contributed by atoms with E-state index in [4.69, 9.17) is 21.8 Å². The first-order valence-corrected chi connectivity index (χ1v) is 8.97. The van der Waals surface area contributed by atoms with Crippen molar-refractivity contribution in [2.45, 2.75) is 37.5 Å². The molecule has 110 valence electrons. The first-order valence-electron chi connectivity index (χ1n) is 7.38. The third kappa shape index (κ3) is 3.20. The van der Waals surface area contributed by atoms with Crippen LogP contribution in [0.5, 0.6) is 0 Å².